The maximum absolute atomic E-state index is 12.6. The van der Waals surface area contributed by atoms with Gasteiger partial charge in [0.25, 0.3) is 5.91 Å². The zero-order chi connectivity index (χ0) is 20.0. The SMILES string of the molecule is CC(=NOCCc1ccccc1)c1ccc(C(=O)N2CCC(N)(CO)C2)cc1. The lowest BCUT2D eigenvalue weighted by Gasteiger charge is -2.22. The predicted molar refractivity (Wildman–Crippen MR) is 109 cm³/mol. The lowest BCUT2D eigenvalue weighted by molar-refractivity contribution is 0.0775. The van der Waals surface area contributed by atoms with Gasteiger partial charge in [-0.25, -0.2) is 0 Å². The number of aliphatic hydroxyl groups is 1. The van der Waals surface area contributed by atoms with Gasteiger partial charge >= 0.3 is 0 Å². The van der Waals surface area contributed by atoms with Crippen LogP contribution in [0.3, 0.4) is 0 Å². The highest BCUT2D eigenvalue weighted by Gasteiger charge is 2.36. The van der Waals surface area contributed by atoms with Crippen LogP contribution in [0.1, 0.15) is 34.8 Å². The summed E-state index contributed by atoms with van der Waals surface area (Å²) < 4.78 is 0. The molecule has 1 atom stereocenters. The number of benzene rings is 2. The molecule has 148 valence electrons. The van der Waals surface area contributed by atoms with Crippen LogP contribution in [0.15, 0.2) is 59.8 Å². The highest BCUT2D eigenvalue weighted by molar-refractivity contribution is 6.00. The fourth-order valence-electron chi connectivity index (χ4n) is 3.24. The molecule has 1 amide bonds. The molecule has 3 N–H and O–H groups in total. The number of hydrogen-bond donors (Lipinski definition) is 2. The summed E-state index contributed by atoms with van der Waals surface area (Å²) in [5.74, 6) is -0.0685. The Balaban J connectivity index is 1.54. The highest BCUT2D eigenvalue weighted by atomic mass is 16.6. The maximum atomic E-state index is 12.6. The van der Waals surface area contributed by atoms with Crippen LogP contribution in [0, 0.1) is 0 Å². The van der Waals surface area contributed by atoms with Gasteiger partial charge in [-0.15, -0.1) is 0 Å². The number of carbonyl (C=O) groups excluding carboxylic acids is 1. The van der Waals surface area contributed by atoms with Gasteiger partial charge in [-0.05, 0) is 36.6 Å². The summed E-state index contributed by atoms with van der Waals surface area (Å²) in [5.41, 5.74) is 8.84. The first-order valence-electron chi connectivity index (χ1n) is 9.51. The van der Waals surface area contributed by atoms with Crippen molar-refractivity contribution in [1.29, 1.82) is 0 Å². The van der Waals surface area contributed by atoms with Crippen molar-refractivity contribution in [1.82, 2.24) is 4.90 Å². The van der Waals surface area contributed by atoms with Crippen LogP contribution < -0.4 is 5.73 Å². The van der Waals surface area contributed by atoms with E-state index >= 15 is 0 Å². The van der Waals surface area contributed by atoms with Gasteiger partial charge in [0, 0.05) is 25.1 Å². The lowest BCUT2D eigenvalue weighted by Crippen LogP contribution is -2.46. The van der Waals surface area contributed by atoms with E-state index in [0.717, 1.165) is 17.7 Å². The van der Waals surface area contributed by atoms with Gasteiger partial charge in [-0.3, -0.25) is 4.79 Å². The fourth-order valence-corrected chi connectivity index (χ4v) is 3.24. The maximum Gasteiger partial charge on any atom is 0.253 e. The number of nitrogens with zero attached hydrogens (tertiary/aromatic N) is 2. The molecule has 0 saturated carbocycles. The Morgan fingerprint density at radius 1 is 1.18 bits per heavy atom. The van der Waals surface area contributed by atoms with Crippen molar-refractivity contribution in [2.45, 2.75) is 25.3 Å². The molecular formula is C22H27N3O3. The van der Waals surface area contributed by atoms with E-state index in [0.29, 0.717) is 31.7 Å². The van der Waals surface area contributed by atoms with Crippen molar-refractivity contribution in [2.24, 2.45) is 10.9 Å². The minimum Gasteiger partial charge on any atom is -0.395 e. The number of carbonyl (C=O) groups is 1. The van der Waals surface area contributed by atoms with Gasteiger partial charge in [0.1, 0.15) is 6.61 Å². The Kier molecular flexibility index (Phi) is 6.44. The third-order valence-electron chi connectivity index (χ3n) is 5.06. The Morgan fingerprint density at radius 2 is 1.86 bits per heavy atom. The molecule has 1 saturated heterocycles. The van der Waals surface area contributed by atoms with E-state index in [4.69, 9.17) is 10.6 Å². The summed E-state index contributed by atoms with van der Waals surface area (Å²) in [7, 11) is 0. The molecule has 0 aliphatic carbocycles. The third kappa shape index (κ3) is 4.97. The number of hydrogen-bond acceptors (Lipinski definition) is 5. The number of oxime groups is 1. The van der Waals surface area contributed by atoms with E-state index in [9.17, 15) is 9.90 Å². The van der Waals surface area contributed by atoms with E-state index in [1.54, 1.807) is 17.0 Å². The first kappa shape index (κ1) is 20.0. The summed E-state index contributed by atoms with van der Waals surface area (Å²) in [6.45, 7) is 3.21. The summed E-state index contributed by atoms with van der Waals surface area (Å²) in [4.78, 5) is 19.7. The van der Waals surface area contributed by atoms with Crippen molar-refractivity contribution in [3.8, 4) is 0 Å². The molecule has 6 heteroatoms. The van der Waals surface area contributed by atoms with Crippen molar-refractivity contribution in [3.05, 3.63) is 71.3 Å². The van der Waals surface area contributed by atoms with Gasteiger partial charge < -0.3 is 20.6 Å². The monoisotopic (exact) mass is 381 g/mol. The van der Waals surface area contributed by atoms with Crippen LogP contribution >= 0.6 is 0 Å². The number of aliphatic hydroxyl groups excluding tert-OH is 1. The van der Waals surface area contributed by atoms with Crippen molar-refractivity contribution in [2.75, 3.05) is 26.3 Å². The Labute approximate surface area is 165 Å². The summed E-state index contributed by atoms with van der Waals surface area (Å²) in [6.07, 6.45) is 1.41. The summed E-state index contributed by atoms with van der Waals surface area (Å²) in [5, 5.41) is 13.5. The highest BCUT2D eigenvalue weighted by Crippen LogP contribution is 2.20. The number of amides is 1. The molecule has 0 spiro atoms. The molecule has 2 aromatic carbocycles. The first-order valence-corrected chi connectivity index (χ1v) is 9.51. The Morgan fingerprint density at radius 3 is 2.50 bits per heavy atom. The van der Waals surface area contributed by atoms with Crippen LogP contribution in [0.4, 0.5) is 0 Å². The molecule has 1 unspecified atom stereocenters. The number of likely N-dealkylation sites (tertiary alicyclic amines) is 1. The largest absolute Gasteiger partial charge is 0.395 e. The van der Waals surface area contributed by atoms with E-state index < -0.39 is 5.54 Å². The van der Waals surface area contributed by atoms with E-state index in [1.165, 1.54) is 5.56 Å². The minimum atomic E-state index is -0.685. The fraction of sp³-hybridized carbons (Fsp3) is 0.364. The normalized spacial score (nSPS) is 19.7. The van der Waals surface area contributed by atoms with Gasteiger partial charge in [0.05, 0.1) is 17.9 Å². The Hall–Kier alpha value is -2.70. The average Bonchev–Trinajstić information content (AvgIpc) is 3.14. The quantitative estimate of drug-likeness (QED) is 0.437. The van der Waals surface area contributed by atoms with Crippen LogP contribution in [0.5, 0.6) is 0 Å². The molecule has 1 heterocycles. The van der Waals surface area contributed by atoms with Crippen LogP contribution in [-0.2, 0) is 11.3 Å². The van der Waals surface area contributed by atoms with Crippen molar-refractivity contribution >= 4 is 11.6 Å². The van der Waals surface area contributed by atoms with Crippen molar-refractivity contribution in [3.63, 3.8) is 0 Å². The molecule has 6 nitrogen and oxygen atoms in total. The third-order valence-corrected chi connectivity index (χ3v) is 5.06. The molecule has 0 bridgehead atoms. The second-order valence-electron chi connectivity index (χ2n) is 7.32. The zero-order valence-corrected chi connectivity index (χ0v) is 16.2. The van der Waals surface area contributed by atoms with E-state index in [-0.39, 0.29) is 12.5 Å². The van der Waals surface area contributed by atoms with Crippen LogP contribution in [0.2, 0.25) is 0 Å². The minimum absolute atomic E-state index is 0.0685. The topological polar surface area (TPSA) is 88.2 Å². The van der Waals surface area contributed by atoms with E-state index in [2.05, 4.69) is 17.3 Å². The average molecular weight is 381 g/mol. The Bertz CT molecular complexity index is 821. The standard InChI is InChI=1S/C22H27N3O3/c1-17(24-28-14-11-18-5-3-2-4-6-18)19-7-9-20(10-8-19)21(27)25-13-12-22(23,15-25)16-26/h2-10,26H,11-16,23H2,1H3. The molecular weight excluding hydrogens is 354 g/mol. The van der Waals surface area contributed by atoms with Crippen LogP contribution in [-0.4, -0.2) is 53.5 Å². The van der Waals surface area contributed by atoms with Gasteiger partial charge in [0.15, 0.2) is 0 Å². The number of rotatable bonds is 7. The first-order chi connectivity index (χ1) is 13.5. The molecule has 1 aliphatic rings. The van der Waals surface area contributed by atoms with Crippen molar-refractivity contribution < 1.29 is 14.7 Å². The second-order valence-corrected chi connectivity index (χ2v) is 7.32. The molecule has 0 aromatic heterocycles. The molecule has 1 aliphatic heterocycles. The van der Waals surface area contributed by atoms with Gasteiger partial charge in [-0.2, -0.15) is 0 Å². The lowest BCUT2D eigenvalue weighted by atomic mass is 10.0. The van der Waals surface area contributed by atoms with E-state index in [1.807, 2.05) is 37.3 Å². The molecule has 2 aromatic rings. The zero-order valence-electron chi connectivity index (χ0n) is 16.2. The number of nitrogens with two attached hydrogens (primary N) is 1. The second kappa shape index (κ2) is 8.99. The van der Waals surface area contributed by atoms with Gasteiger partial charge in [-0.1, -0.05) is 47.6 Å². The molecule has 28 heavy (non-hydrogen) atoms. The summed E-state index contributed by atoms with van der Waals surface area (Å²) in [6, 6.07) is 17.4. The molecule has 3 rings (SSSR count). The predicted octanol–water partition coefficient (Wildman–Crippen LogP) is 2.21. The summed E-state index contributed by atoms with van der Waals surface area (Å²) >= 11 is 0. The molecule has 0 radical (unpaired) electrons. The smallest absolute Gasteiger partial charge is 0.253 e. The van der Waals surface area contributed by atoms with Crippen LogP contribution in [0.25, 0.3) is 0 Å². The molecule has 1 fully saturated rings. The van der Waals surface area contributed by atoms with Gasteiger partial charge in [0.2, 0.25) is 0 Å².